The van der Waals surface area contributed by atoms with Crippen LogP contribution in [0.3, 0.4) is 0 Å². The highest BCUT2D eigenvalue weighted by Crippen LogP contribution is 2.22. The molecule has 0 bridgehead atoms. The third kappa shape index (κ3) is 5.16. The first kappa shape index (κ1) is 19.1. The van der Waals surface area contributed by atoms with E-state index in [4.69, 9.17) is 33.0 Å². The van der Waals surface area contributed by atoms with E-state index in [9.17, 15) is 4.79 Å². The normalized spacial score (nSPS) is 10.4. The molecular weight excluding hydrogens is 385 g/mol. The van der Waals surface area contributed by atoms with Crippen molar-refractivity contribution in [3.63, 3.8) is 0 Å². The van der Waals surface area contributed by atoms with E-state index < -0.39 is 5.97 Å². The third-order valence-electron chi connectivity index (χ3n) is 3.97. The van der Waals surface area contributed by atoms with E-state index in [-0.39, 0.29) is 10.6 Å². The molecule has 3 aromatic carbocycles. The summed E-state index contributed by atoms with van der Waals surface area (Å²) in [5.41, 5.74) is 2.73. The van der Waals surface area contributed by atoms with Gasteiger partial charge >= 0.3 is 5.97 Å². The monoisotopic (exact) mass is 401 g/mol. The van der Waals surface area contributed by atoms with Gasteiger partial charge in [-0.3, -0.25) is 0 Å². The van der Waals surface area contributed by atoms with Gasteiger partial charge in [-0.25, -0.2) is 4.79 Å². The molecule has 0 amide bonds. The van der Waals surface area contributed by atoms with Gasteiger partial charge in [0.2, 0.25) is 0 Å². The second-order valence-electron chi connectivity index (χ2n) is 5.88. The fraction of sp³-hybridized carbons (Fsp3) is 0.0952. The van der Waals surface area contributed by atoms with E-state index in [1.165, 1.54) is 6.07 Å². The van der Waals surface area contributed by atoms with Crippen molar-refractivity contribution in [1.82, 2.24) is 0 Å². The van der Waals surface area contributed by atoms with Crippen LogP contribution in [-0.4, -0.2) is 11.1 Å². The van der Waals surface area contributed by atoms with Gasteiger partial charge in [-0.05, 0) is 42.0 Å². The summed E-state index contributed by atoms with van der Waals surface area (Å²) >= 11 is 12.0. The number of nitrogens with one attached hydrogen (secondary N) is 1. The van der Waals surface area contributed by atoms with Crippen molar-refractivity contribution in [3.05, 3.63) is 93.5 Å². The molecule has 3 aromatic rings. The molecule has 0 aliphatic carbocycles. The van der Waals surface area contributed by atoms with Crippen LogP contribution in [0.4, 0.5) is 5.69 Å². The average Bonchev–Trinajstić information content (AvgIpc) is 2.67. The maximum absolute atomic E-state index is 11.1. The van der Waals surface area contributed by atoms with E-state index >= 15 is 0 Å². The molecule has 138 valence electrons. The second kappa shape index (κ2) is 8.80. The Morgan fingerprint density at radius 3 is 2.41 bits per heavy atom. The first-order valence-electron chi connectivity index (χ1n) is 8.25. The van der Waals surface area contributed by atoms with Gasteiger partial charge in [-0.2, -0.15) is 0 Å². The van der Waals surface area contributed by atoms with Gasteiger partial charge in [0.25, 0.3) is 0 Å². The molecule has 0 unspecified atom stereocenters. The number of hydrogen-bond donors (Lipinski definition) is 2. The van der Waals surface area contributed by atoms with Crippen LogP contribution in [0.2, 0.25) is 10.0 Å². The van der Waals surface area contributed by atoms with Crippen molar-refractivity contribution < 1.29 is 14.6 Å². The molecule has 0 radical (unpaired) electrons. The maximum Gasteiger partial charge on any atom is 0.337 e. The lowest BCUT2D eigenvalue weighted by Crippen LogP contribution is -2.03. The third-order valence-corrected chi connectivity index (χ3v) is 4.67. The van der Waals surface area contributed by atoms with Gasteiger partial charge in [-0.15, -0.1) is 0 Å². The highest BCUT2D eigenvalue weighted by molar-refractivity contribution is 6.33. The van der Waals surface area contributed by atoms with E-state index in [0.29, 0.717) is 23.9 Å². The minimum absolute atomic E-state index is 0.0741. The van der Waals surface area contributed by atoms with Crippen LogP contribution in [0.1, 0.15) is 21.5 Å². The lowest BCUT2D eigenvalue weighted by molar-refractivity contribution is 0.0697. The number of carboxylic acids is 1. The Kier molecular flexibility index (Phi) is 6.22. The summed E-state index contributed by atoms with van der Waals surface area (Å²) in [6.45, 7) is 0.950. The number of hydrogen-bond acceptors (Lipinski definition) is 3. The molecule has 0 aliphatic rings. The van der Waals surface area contributed by atoms with Crippen LogP contribution in [0.5, 0.6) is 5.75 Å². The summed E-state index contributed by atoms with van der Waals surface area (Å²) in [5, 5.41) is 13.2. The molecular formula is C21H17Cl2NO3. The number of carbonyl (C=O) groups is 1. The summed E-state index contributed by atoms with van der Waals surface area (Å²) < 4.78 is 5.76. The number of carboxylic acid groups (broad SMARTS) is 1. The fourth-order valence-corrected chi connectivity index (χ4v) is 2.87. The fourth-order valence-electron chi connectivity index (χ4n) is 2.48. The quantitative estimate of drug-likeness (QED) is 0.518. The standard InChI is InChI=1S/C21H17Cl2NO3/c22-19-4-2-1-3-15(19)13-27-17-8-5-14(6-9-17)12-24-16-7-10-20(23)18(11-16)21(25)26/h1-11,24H,12-13H2,(H,25,26). The Balaban J connectivity index is 1.57. The summed E-state index contributed by atoms with van der Waals surface area (Å²) in [4.78, 5) is 11.1. The predicted octanol–water partition coefficient (Wildman–Crippen LogP) is 5.88. The van der Waals surface area contributed by atoms with Crippen molar-refractivity contribution in [2.45, 2.75) is 13.2 Å². The Morgan fingerprint density at radius 1 is 0.963 bits per heavy atom. The molecule has 0 spiro atoms. The summed E-state index contributed by atoms with van der Waals surface area (Å²) in [5.74, 6) is -0.304. The molecule has 2 N–H and O–H groups in total. The molecule has 0 saturated heterocycles. The minimum atomic E-state index is -1.05. The molecule has 0 saturated carbocycles. The molecule has 27 heavy (non-hydrogen) atoms. The molecule has 0 fully saturated rings. The van der Waals surface area contributed by atoms with Crippen molar-refractivity contribution in [3.8, 4) is 5.75 Å². The second-order valence-corrected chi connectivity index (χ2v) is 6.69. The van der Waals surface area contributed by atoms with Crippen molar-refractivity contribution >= 4 is 34.9 Å². The van der Waals surface area contributed by atoms with Crippen molar-refractivity contribution in [2.75, 3.05) is 5.32 Å². The molecule has 0 atom stereocenters. The zero-order valence-corrected chi connectivity index (χ0v) is 15.8. The van der Waals surface area contributed by atoms with Crippen LogP contribution in [0.15, 0.2) is 66.7 Å². The van der Waals surface area contributed by atoms with Gasteiger partial charge in [0.1, 0.15) is 12.4 Å². The number of benzene rings is 3. The van der Waals surface area contributed by atoms with Gasteiger partial charge in [0.05, 0.1) is 10.6 Å². The maximum atomic E-state index is 11.1. The number of ether oxygens (including phenoxy) is 1. The van der Waals surface area contributed by atoms with Gasteiger partial charge in [0, 0.05) is 22.8 Å². The molecule has 3 rings (SSSR count). The summed E-state index contributed by atoms with van der Waals surface area (Å²) in [6.07, 6.45) is 0. The Hall–Kier alpha value is -2.69. The lowest BCUT2D eigenvalue weighted by atomic mass is 10.1. The largest absolute Gasteiger partial charge is 0.489 e. The number of halogens is 2. The zero-order valence-electron chi connectivity index (χ0n) is 14.3. The highest BCUT2D eigenvalue weighted by Gasteiger charge is 2.09. The molecule has 6 heteroatoms. The predicted molar refractivity (Wildman–Crippen MR) is 108 cm³/mol. The Labute approximate surface area is 167 Å². The molecule has 0 aromatic heterocycles. The highest BCUT2D eigenvalue weighted by atomic mass is 35.5. The number of anilines is 1. The van der Waals surface area contributed by atoms with E-state index in [1.807, 2.05) is 48.5 Å². The summed E-state index contributed by atoms with van der Waals surface area (Å²) in [7, 11) is 0. The number of rotatable bonds is 7. The Bertz CT molecular complexity index is 942. The molecule has 0 heterocycles. The van der Waals surface area contributed by atoms with Gasteiger partial charge < -0.3 is 15.2 Å². The van der Waals surface area contributed by atoms with E-state index in [0.717, 1.165) is 16.9 Å². The first-order valence-corrected chi connectivity index (χ1v) is 9.00. The van der Waals surface area contributed by atoms with Gasteiger partial charge in [-0.1, -0.05) is 53.5 Å². The lowest BCUT2D eigenvalue weighted by Gasteiger charge is -2.10. The van der Waals surface area contributed by atoms with Crippen LogP contribution in [0.25, 0.3) is 0 Å². The SMILES string of the molecule is O=C(O)c1cc(NCc2ccc(OCc3ccccc3Cl)cc2)ccc1Cl. The zero-order chi connectivity index (χ0) is 19.2. The topological polar surface area (TPSA) is 58.6 Å². The van der Waals surface area contributed by atoms with Crippen LogP contribution in [-0.2, 0) is 13.2 Å². The molecule has 4 nitrogen and oxygen atoms in total. The smallest absolute Gasteiger partial charge is 0.337 e. The van der Waals surface area contributed by atoms with Gasteiger partial charge in [0.15, 0.2) is 0 Å². The van der Waals surface area contributed by atoms with Crippen LogP contribution in [0, 0.1) is 0 Å². The van der Waals surface area contributed by atoms with Crippen LogP contribution >= 0.6 is 23.2 Å². The number of aromatic carboxylic acids is 1. The Morgan fingerprint density at radius 2 is 1.70 bits per heavy atom. The van der Waals surface area contributed by atoms with E-state index in [1.54, 1.807) is 12.1 Å². The first-order chi connectivity index (χ1) is 13.0. The average molecular weight is 402 g/mol. The minimum Gasteiger partial charge on any atom is -0.489 e. The van der Waals surface area contributed by atoms with E-state index in [2.05, 4.69) is 5.32 Å². The molecule has 0 aliphatic heterocycles. The van der Waals surface area contributed by atoms with Crippen molar-refractivity contribution in [2.24, 2.45) is 0 Å². The van der Waals surface area contributed by atoms with Crippen LogP contribution < -0.4 is 10.1 Å². The van der Waals surface area contributed by atoms with Crippen molar-refractivity contribution in [1.29, 1.82) is 0 Å². The summed E-state index contributed by atoms with van der Waals surface area (Å²) in [6, 6.07) is 20.1.